The highest BCUT2D eigenvalue weighted by Gasteiger charge is 2.21. The maximum absolute atomic E-state index is 12.7. The zero-order valence-electron chi connectivity index (χ0n) is 14.6. The normalized spacial score (nSPS) is 10.4. The lowest BCUT2D eigenvalue weighted by Gasteiger charge is -2.03. The van der Waals surface area contributed by atoms with E-state index in [-0.39, 0.29) is 11.5 Å². The van der Waals surface area contributed by atoms with Crippen LogP contribution >= 0.6 is 0 Å². The van der Waals surface area contributed by atoms with Gasteiger partial charge in [-0.25, -0.2) is 4.98 Å². The molecular weight excluding hydrogens is 346 g/mol. The molecule has 0 saturated heterocycles. The number of anilines is 1. The summed E-state index contributed by atoms with van der Waals surface area (Å²) in [6, 6.07) is 13.8. The largest absolute Gasteiger partial charge is 0.383 e. The Balaban J connectivity index is 1.91. The van der Waals surface area contributed by atoms with E-state index in [9.17, 15) is 9.59 Å². The first-order valence-corrected chi connectivity index (χ1v) is 8.20. The van der Waals surface area contributed by atoms with Gasteiger partial charge >= 0.3 is 0 Å². The van der Waals surface area contributed by atoms with E-state index in [1.807, 2.05) is 6.07 Å². The highest BCUT2D eigenvalue weighted by atomic mass is 16.5. The van der Waals surface area contributed by atoms with Crippen molar-refractivity contribution in [2.45, 2.75) is 0 Å². The van der Waals surface area contributed by atoms with Gasteiger partial charge in [-0.1, -0.05) is 12.1 Å². The Morgan fingerprint density at radius 3 is 2.85 bits per heavy atom. The summed E-state index contributed by atoms with van der Waals surface area (Å²) >= 11 is 0. The van der Waals surface area contributed by atoms with Crippen LogP contribution in [0.2, 0.25) is 0 Å². The molecule has 2 aromatic heterocycles. The van der Waals surface area contributed by atoms with Crippen LogP contribution in [-0.2, 0) is 4.74 Å². The maximum Gasteiger partial charge on any atom is 0.287 e. The summed E-state index contributed by atoms with van der Waals surface area (Å²) in [5.74, 6) is -0.763. The first-order valence-electron chi connectivity index (χ1n) is 8.20. The Kier molecular flexibility index (Phi) is 5.44. The molecule has 8 heteroatoms. The molecule has 0 bridgehead atoms. The summed E-state index contributed by atoms with van der Waals surface area (Å²) in [6.07, 6.45) is 1.67. The molecule has 0 unspecified atom stereocenters. The molecule has 8 nitrogen and oxygen atoms in total. The van der Waals surface area contributed by atoms with Crippen molar-refractivity contribution in [2.24, 2.45) is 0 Å². The zero-order chi connectivity index (χ0) is 19.2. The van der Waals surface area contributed by atoms with E-state index in [1.165, 1.54) is 0 Å². The van der Waals surface area contributed by atoms with Gasteiger partial charge in [0.1, 0.15) is 0 Å². The van der Waals surface area contributed by atoms with Gasteiger partial charge in [0.15, 0.2) is 5.69 Å². The van der Waals surface area contributed by atoms with Crippen LogP contribution in [0.4, 0.5) is 5.69 Å². The van der Waals surface area contributed by atoms with Gasteiger partial charge in [0.05, 0.1) is 23.8 Å². The monoisotopic (exact) mass is 363 g/mol. The van der Waals surface area contributed by atoms with E-state index in [0.717, 1.165) is 0 Å². The van der Waals surface area contributed by atoms with Crippen LogP contribution in [0.5, 0.6) is 0 Å². The molecule has 2 heterocycles. The number of amides is 2. The van der Waals surface area contributed by atoms with Crippen LogP contribution in [-0.4, -0.2) is 41.5 Å². The number of benzene rings is 1. The SMILES string of the molecule is COCCNC(=O)c1nc(C(=O)Nc2cccc(C#N)c2)c2ccccn12. The summed E-state index contributed by atoms with van der Waals surface area (Å²) in [4.78, 5) is 29.3. The van der Waals surface area contributed by atoms with Gasteiger partial charge in [0.2, 0.25) is 5.82 Å². The highest BCUT2D eigenvalue weighted by molar-refractivity contribution is 6.09. The highest BCUT2D eigenvalue weighted by Crippen LogP contribution is 2.16. The number of imidazole rings is 1. The summed E-state index contributed by atoms with van der Waals surface area (Å²) in [5.41, 5.74) is 1.53. The molecule has 0 aliphatic heterocycles. The molecular formula is C19H17N5O3. The molecule has 2 N–H and O–H groups in total. The number of ether oxygens (including phenoxy) is 1. The summed E-state index contributed by atoms with van der Waals surface area (Å²) in [5, 5.41) is 14.4. The Morgan fingerprint density at radius 1 is 1.22 bits per heavy atom. The van der Waals surface area contributed by atoms with E-state index in [4.69, 9.17) is 10.00 Å². The minimum Gasteiger partial charge on any atom is -0.383 e. The second kappa shape index (κ2) is 8.12. The number of carbonyl (C=O) groups excluding carboxylic acids is 2. The number of carbonyl (C=O) groups is 2. The molecule has 0 radical (unpaired) electrons. The predicted molar refractivity (Wildman–Crippen MR) is 98.5 cm³/mol. The number of hydrogen-bond acceptors (Lipinski definition) is 5. The Labute approximate surface area is 155 Å². The van der Waals surface area contributed by atoms with Crippen LogP contribution in [0.15, 0.2) is 48.7 Å². The van der Waals surface area contributed by atoms with Crippen LogP contribution in [0.3, 0.4) is 0 Å². The van der Waals surface area contributed by atoms with Gasteiger partial charge in [-0.3, -0.25) is 14.0 Å². The molecule has 2 amide bonds. The Hall–Kier alpha value is -3.70. The van der Waals surface area contributed by atoms with Gasteiger partial charge in [0.25, 0.3) is 11.8 Å². The van der Waals surface area contributed by atoms with Crippen molar-refractivity contribution >= 4 is 23.0 Å². The lowest BCUT2D eigenvalue weighted by Crippen LogP contribution is -2.28. The molecule has 0 fully saturated rings. The van der Waals surface area contributed by atoms with Crippen LogP contribution in [0.25, 0.3) is 5.52 Å². The molecule has 0 saturated carbocycles. The number of nitriles is 1. The quantitative estimate of drug-likeness (QED) is 0.650. The average molecular weight is 363 g/mol. The number of fused-ring (bicyclic) bond motifs is 1. The van der Waals surface area contributed by atoms with E-state index < -0.39 is 11.8 Å². The lowest BCUT2D eigenvalue weighted by molar-refractivity contribution is 0.0926. The average Bonchev–Trinajstić information content (AvgIpc) is 3.08. The Morgan fingerprint density at radius 2 is 2.07 bits per heavy atom. The van der Waals surface area contributed by atoms with E-state index in [1.54, 1.807) is 60.2 Å². The molecule has 1 aromatic carbocycles. The number of hydrogen-bond donors (Lipinski definition) is 2. The smallest absolute Gasteiger partial charge is 0.287 e. The van der Waals surface area contributed by atoms with Crippen molar-refractivity contribution in [3.63, 3.8) is 0 Å². The lowest BCUT2D eigenvalue weighted by atomic mass is 10.2. The van der Waals surface area contributed by atoms with Gasteiger partial charge in [-0.05, 0) is 30.3 Å². The molecule has 0 aliphatic rings. The molecule has 0 aliphatic carbocycles. The number of aromatic nitrogens is 2. The molecule has 27 heavy (non-hydrogen) atoms. The second-order valence-corrected chi connectivity index (χ2v) is 5.64. The fourth-order valence-electron chi connectivity index (χ4n) is 2.57. The van der Waals surface area contributed by atoms with E-state index in [2.05, 4.69) is 15.6 Å². The minimum atomic E-state index is -0.468. The zero-order valence-corrected chi connectivity index (χ0v) is 14.6. The third kappa shape index (κ3) is 3.94. The molecule has 3 aromatic rings. The fourth-order valence-corrected chi connectivity index (χ4v) is 2.57. The van der Waals surface area contributed by atoms with Gasteiger partial charge in [0, 0.05) is 25.5 Å². The molecule has 136 valence electrons. The van der Waals surface area contributed by atoms with Crippen molar-refractivity contribution in [3.05, 3.63) is 65.7 Å². The number of methoxy groups -OCH3 is 1. The first kappa shape index (κ1) is 18.1. The molecule has 3 rings (SSSR count). The summed E-state index contributed by atoms with van der Waals surface area (Å²) in [7, 11) is 1.54. The summed E-state index contributed by atoms with van der Waals surface area (Å²) < 4.78 is 6.47. The third-order valence-corrected chi connectivity index (χ3v) is 3.81. The van der Waals surface area contributed by atoms with Crippen molar-refractivity contribution in [3.8, 4) is 6.07 Å². The van der Waals surface area contributed by atoms with Crippen molar-refractivity contribution in [1.29, 1.82) is 5.26 Å². The third-order valence-electron chi connectivity index (χ3n) is 3.81. The molecule has 0 atom stereocenters. The maximum atomic E-state index is 12.7. The second-order valence-electron chi connectivity index (χ2n) is 5.64. The predicted octanol–water partition coefficient (Wildman–Crippen LogP) is 1.83. The van der Waals surface area contributed by atoms with Crippen molar-refractivity contribution in [1.82, 2.24) is 14.7 Å². The van der Waals surface area contributed by atoms with Gasteiger partial charge in [-0.2, -0.15) is 5.26 Å². The standard InChI is InChI=1S/C19H17N5O3/c1-27-10-8-21-19(26)17-23-16(15-7-2-3-9-24(15)17)18(25)22-14-6-4-5-13(11-14)12-20/h2-7,9,11H,8,10H2,1H3,(H,21,26)(H,22,25). The van der Waals surface area contributed by atoms with Crippen LogP contribution in [0, 0.1) is 11.3 Å². The Bertz CT molecular complexity index is 1040. The number of pyridine rings is 1. The van der Waals surface area contributed by atoms with E-state index in [0.29, 0.717) is 29.9 Å². The number of nitrogens with one attached hydrogen (secondary N) is 2. The van der Waals surface area contributed by atoms with Gasteiger partial charge in [-0.15, -0.1) is 0 Å². The topological polar surface area (TPSA) is 109 Å². The van der Waals surface area contributed by atoms with Crippen LogP contribution in [0.1, 0.15) is 26.7 Å². The number of rotatable bonds is 6. The fraction of sp³-hybridized carbons (Fsp3) is 0.158. The number of nitrogens with zero attached hydrogens (tertiary/aromatic N) is 3. The first-order chi connectivity index (χ1) is 13.1. The minimum absolute atomic E-state index is 0.109. The van der Waals surface area contributed by atoms with E-state index >= 15 is 0 Å². The summed E-state index contributed by atoms with van der Waals surface area (Å²) in [6.45, 7) is 0.706. The van der Waals surface area contributed by atoms with Crippen LogP contribution < -0.4 is 10.6 Å². The molecule has 0 spiro atoms. The van der Waals surface area contributed by atoms with Gasteiger partial charge < -0.3 is 15.4 Å². The van der Waals surface area contributed by atoms with Crippen molar-refractivity contribution in [2.75, 3.05) is 25.6 Å². The van der Waals surface area contributed by atoms with Crippen molar-refractivity contribution < 1.29 is 14.3 Å².